The van der Waals surface area contributed by atoms with Crippen LogP contribution in [-0.2, 0) is 6.54 Å². The van der Waals surface area contributed by atoms with E-state index in [9.17, 15) is 4.79 Å². The second kappa shape index (κ2) is 6.29. The van der Waals surface area contributed by atoms with Crippen LogP contribution >= 0.6 is 34.5 Å². The molecule has 0 atom stereocenters. The van der Waals surface area contributed by atoms with E-state index in [1.807, 2.05) is 37.3 Å². The molecule has 0 spiro atoms. The van der Waals surface area contributed by atoms with E-state index in [1.165, 1.54) is 11.3 Å². The van der Waals surface area contributed by atoms with Crippen LogP contribution in [0.25, 0.3) is 10.1 Å². The SMILES string of the molecule is Cc1ccc2c(Cl)c(C(=O)NCc3ccc(Cl)cc3)sc2c1. The van der Waals surface area contributed by atoms with Crippen molar-refractivity contribution in [2.45, 2.75) is 13.5 Å². The number of benzene rings is 2. The molecule has 0 radical (unpaired) electrons. The first-order valence-corrected chi connectivity index (χ1v) is 8.33. The van der Waals surface area contributed by atoms with Crippen LogP contribution in [0.4, 0.5) is 0 Å². The average molecular weight is 350 g/mol. The van der Waals surface area contributed by atoms with Crippen LogP contribution in [-0.4, -0.2) is 5.91 Å². The molecule has 1 heterocycles. The van der Waals surface area contributed by atoms with Crippen molar-refractivity contribution in [3.05, 3.63) is 68.5 Å². The molecule has 3 aromatic rings. The number of carbonyl (C=O) groups excluding carboxylic acids is 1. The normalized spacial score (nSPS) is 10.9. The Morgan fingerprint density at radius 2 is 1.86 bits per heavy atom. The van der Waals surface area contributed by atoms with E-state index >= 15 is 0 Å². The number of halogens is 2. The Morgan fingerprint density at radius 3 is 2.59 bits per heavy atom. The standard InChI is InChI=1S/C17H13Cl2NOS/c1-10-2-7-13-14(8-10)22-16(15(13)19)17(21)20-9-11-3-5-12(18)6-4-11/h2-8H,9H2,1H3,(H,20,21). The molecule has 2 nitrogen and oxygen atoms in total. The molecule has 1 N–H and O–H groups in total. The molecule has 0 saturated carbocycles. The lowest BCUT2D eigenvalue weighted by atomic mass is 10.2. The lowest BCUT2D eigenvalue weighted by Crippen LogP contribution is -2.22. The van der Waals surface area contributed by atoms with Gasteiger partial charge < -0.3 is 5.32 Å². The summed E-state index contributed by atoms with van der Waals surface area (Å²) in [5.74, 6) is -0.154. The highest BCUT2D eigenvalue weighted by Gasteiger charge is 2.16. The van der Waals surface area contributed by atoms with Gasteiger partial charge in [0.15, 0.2) is 0 Å². The number of amides is 1. The van der Waals surface area contributed by atoms with Crippen LogP contribution in [0.2, 0.25) is 10.0 Å². The van der Waals surface area contributed by atoms with E-state index in [4.69, 9.17) is 23.2 Å². The maximum Gasteiger partial charge on any atom is 0.263 e. The van der Waals surface area contributed by atoms with Crippen LogP contribution in [0.5, 0.6) is 0 Å². The third-order valence-electron chi connectivity index (χ3n) is 3.36. The van der Waals surface area contributed by atoms with Crippen molar-refractivity contribution in [3.63, 3.8) is 0 Å². The molecular weight excluding hydrogens is 337 g/mol. The fourth-order valence-electron chi connectivity index (χ4n) is 2.18. The van der Waals surface area contributed by atoms with E-state index in [0.29, 0.717) is 21.5 Å². The number of thiophene rings is 1. The zero-order valence-electron chi connectivity index (χ0n) is 11.8. The van der Waals surface area contributed by atoms with E-state index in [-0.39, 0.29) is 5.91 Å². The number of hydrogen-bond acceptors (Lipinski definition) is 2. The highest BCUT2D eigenvalue weighted by atomic mass is 35.5. The Bertz CT molecular complexity index is 840. The molecule has 0 bridgehead atoms. The minimum Gasteiger partial charge on any atom is -0.347 e. The summed E-state index contributed by atoms with van der Waals surface area (Å²) in [6.45, 7) is 2.47. The molecule has 3 rings (SSSR count). The van der Waals surface area contributed by atoms with Crippen LogP contribution < -0.4 is 5.32 Å². The van der Waals surface area contributed by atoms with E-state index < -0.39 is 0 Å². The Kier molecular flexibility index (Phi) is 4.39. The summed E-state index contributed by atoms with van der Waals surface area (Å²) in [7, 11) is 0. The monoisotopic (exact) mass is 349 g/mol. The van der Waals surface area contributed by atoms with Crippen LogP contribution in [0.1, 0.15) is 20.8 Å². The predicted octanol–water partition coefficient (Wildman–Crippen LogP) is 5.45. The summed E-state index contributed by atoms with van der Waals surface area (Å²) in [4.78, 5) is 12.9. The second-order valence-electron chi connectivity index (χ2n) is 5.05. The van der Waals surface area contributed by atoms with Gasteiger partial charge in [0.25, 0.3) is 5.91 Å². The van der Waals surface area contributed by atoms with Gasteiger partial charge >= 0.3 is 0 Å². The van der Waals surface area contributed by atoms with Gasteiger partial charge in [-0.3, -0.25) is 4.79 Å². The van der Waals surface area contributed by atoms with Gasteiger partial charge in [-0.1, -0.05) is 47.5 Å². The molecule has 1 aromatic heterocycles. The van der Waals surface area contributed by atoms with E-state index in [2.05, 4.69) is 5.32 Å². The summed E-state index contributed by atoms with van der Waals surface area (Å²) < 4.78 is 1.03. The molecule has 112 valence electrons. The summed E-state index contributed by atoms with van der Waals surface area (Å²) in [6.07, 6.45) is 0. The second-order valence-corrected chi connectivity index (χ2v) is 6.92. The third-order valence-corrected chi connectivity index (χ3v) is 5.27. The van der Waals surface area contributed by atoms with Gasteiger partial charge in [0.2, 0.25) is 0 Å². The first kappa shape index (κ1) is 15.3. The topological polar surface area (TPSA) is 29.1 Å². The van der Waals surface area contributed by atoms with Crippen molar-refractivity contribution >= 4 is 50.5 Å². The molecule has 5 heteroatoms. The molecule has 1 amide bonds. The fraction of sp³-hybridized carbons (Fsp3) is 0.118. The maximum atomic E-state index is 12.3. The fourth-order valence-corrected chi connectivity index (χ4v) is 3.84. The number of hydrogen-bond donors (Lipinski definition) is 1. The van der Waals surface area contributed by atoms with Crippen LogP contribution in [0, 0.1) is 6.92 Å². The van der Waals surface area contributed by atoms with Gasteiger partial charge in [-0.2, -0.15) is 0 Å². The van der Waals surface area contributed by atoms with Crippen molar-refractivity contribution < 1.29 is 4.79 Å². The first-order valence-electron chi connectivity index (χ1n) is 6.76. The Labute approximate surface area is 142 Å². The minimum atomic E-state index is -0.154. The summed E-state index contributed by atoms with van der Waals surface area (Å²) in [6, 6.07) is 13.4. The van der Waals surface area contributed by atoms with Gasteiger partial charge in [-0.25, -0.2) is 0 Å². The Hall–Kier alpha value is -1.55. The van der Waals surface area contributed by atoms with Gasteiger partial charge in [0.1, 0.15) is 4.88 Å². The van der Waals surface area contributed by atoms with Crippen LogP contribution in [0.15, 0.2) is 42.5 Å². The zero-order valence-corrected chi connectivity index (χ0v) is 14.1. The number of nitrogens with one attached hydrogen (secondary N) is 1. The summed E-state index contributed by atoms with van der Waals surface area (Å²) >= 11 is 13.6. The molecule has 0 aliphatic rings. The number of rotatable bonds is 3. The highest BCUT2D eigenvalue weighted by molar-refractivity contribution is 7.21. The average Bonchev–Trinajstić information content (AvgIpc) is 2.83. The first-order chi connectivity index (χ1) is 10.5. The minimum absolute atomic E-state index is 0.154. The molecular formula is C17H13Cl2NOS. The van der Waals surface area contributed by atoms with Gasteiger partial charge in [-0.05, 0) is 36.2 Å². The third kappa shape index (κ3) is 3.12. The molecule has 0 aliphatic carbocycles. The smallest absolute Gasteiger partial charge is 0.263 e. The molecule has 0 unspecified atom stereocenters. The highest BCUT2D eigenvalue weighted by Crippen LogP contribution is 2.35. The van der Waals surface area contributed by atoms with E-state index in [1.54, 1.807) is 12.1 Å². The summed E-state index contributed by atoms with van der Waals surface area (Å²) in [5.41, 5.74) is 2.14. The lowest BCUT2D eigenvalue weighted by Gasteiger charge is -2.04. The molecule has 0 fully saturated rings. The van der Waals surface area contributed by atoms with Crippen molar-refractivity contribution in [3.8, 4) is 0 Å². The molecule has 2 aromatic carbocycles. The Balaban J connectivity index is 1.80. The quantitative estimate of drug-likeness (QED) is 0.669. The van der Waals surface area contributed by atoms with Gasteiger partial charge in [0, 0.05) is 21.7 Å². The lowest BCUT2D eigenvalue weighted by molar-refractivity contribution is 0.0955. The van der Waals surface area contributed by atoms with Gasteiger partial charge in [-0.15, -0.1) is 11.3 Å². The molecule has 0 saturated heterocycles. The van der Waals surface area contributed by atoms with Crippen molar-refractivity contribution in [1.82, 2.24) is 5.32 Å². The largest absolute Gasteiger partial charge is 0.347 e. The molecule has 0 aliphatic heterocycles. The number of aryl methyl sites for hydroxylation is 1. The van der Waals surface area contributed by atoms with Crippen molar-refractivity contribution in [1.29, 1.82) is 0 Å². The number of fused-ring (bicyclic) bond motifs is 1. The maximum absolute atomic E-state index is 12.3. The van der Waals surface area contributed by atoms with E-state index in [0.717, 1.165) is 21.2 Å². The van der Waals surface area contributed by atoms with Crippen LogP contribution in [0.3, 0.4) is 0 Å². The molecule has 22 heavy (non-hydrogen) atoms. The van der Waals surface area contributed by atoms with Gasteiger partial charge in [0.05, 0.1) is 5.02 Å². The van der Waals surface area contributed by atoms with Crippen molar-refractivity contribution in [2.75, 3.05) is 0 Å². The summed E-state index contributed by atoms with van der Waals surface area (Å²) in [5, 5.41) is 5.02. The zero-order chi connectivity index (χ0) is 15.7. The van der Waals surface area contributed by atoms with Crippen molar-refractivity contribution in [2.24, 2.45) is 0 Å². The number of carbonyl (C=O) groups is 1. The Morgan fingerprint density at radius 1 is 1.14 bits per heavy atom. The predicted molar refractivity (Wildman–Crippen MR) is 94.2 cm³/mol.